The Morgan fingerprint density at radius 3 is 2.86 bits per heavy atom. The normalized spacial score (nSPS) is 25.5. The summed E-state index contributed by atoms with van der Waals surface area (Å²) in [6.45, 7) is 3.31. The van der Waals surface area contributed by atoms with Crippen LogP contribution in [0.2, 0.25) is 5.02 Å². The molecule has 2 fully saturated rings. The number of amides is 1. The van der Waals surface area contributed by atoms with E-state index in [2.05, 4.69) is 0 Å². The number of carbonyl (C=O) groups is 1. The number of rotatable bonds is 3. The first-order chi connectivity index (χ1) is 10.0. The molecule has 0 radical (unpaired) electrons. The molecule has 1 N–H and O–H groups in total. The van der Waals surface area contributed by atoms with Gasteiger partial charge in [0.25, 0.3) is 0 Å². The zero-order valence-electron chi connectivity index (χ0n) is 12.4. The van der Waals surface area contributed by atoms with Crippen molar-refractivity contribution in [2.24, 2.45) is 5.92 Å². The molecule has 2 atom stereocenters. The molecule has 1 saturated carbocycles. The van der Waals surface area contributed by atoms with Gasteiger partial charge in [-0.05, 0) is 50.3 Å². The molecule has 4 heteroatoms. The summed E-state index contributed by atoms with van der Waals surface area (Å²) in [7, 11) is 0. The van der Waals surface area contributed by atoms with E-state index in [1.807, 2.05) is 36.1 Å². The molecule has 1 aromatic carbocycles. The molecular formula is C17H22ClNO2. The van der Waals surface area contributed by atoms with Crippen LogP contribution in [0.15, 0.2) is 24.3 Å². The predicted molar refractivity (Wildman–Crippen MR) is 83.3 cm³/mol. The Morgan fingerprint density at radius 2 is 2.24 bits per heavy atom. The molecule has 21 heavy (non-hydrogen) atoms. The van der Waals surface area contributed by atoms with E-state index >= 15 is 0 Å². The molecule has 2 aliphatic rings. The number of nitrogens with zero attached hydrogens (tertiary/aromatic N) is 1. The summed E-state index contributed by atoms with van der Waals surface area (Å²) in [5.74, 6) is 0.424. The van der Waals surface area contributed by atoms with Gasteiger partial charge in [0, 0.05) is 24.0 Å². The SMILES string of the molecule is CC(O)C1CCCN(C(=O)C2(c3cccc(Cl)c3)CC2)C1. The zero-order chi connectivity index (χ0) is 15.0. The van der Waals surface area contributed by atoms with Crippen molar-refractivity contribution >= 4 is 17.5 Å². The van der Waals surface area contributed by atoms with Crippen LogP contribution >= 0.6 is 11.6 Å². The van der Waals surface area contributed by atoms with Gasteiger partial charge in [0.2, 0.25) is 5.91 Å². The third-order valence-electron chi connectivity index (χ3n) is 4.96. The molecule has 1 heterocycles. The summed E-state index contributed by atoms with van der Waals surface area (Å²) in [4.78, 5) is 14.9. The van der Waals surface area contributed by atoms with Crippen molar-refractivity contribution in [2.75, 3.05) is 13.1 Å². The molecule has 3 rings (SSSR count). The van der Waals surface area contributed by atoms with E-state index < -0.39 is 0 Å². The monoisotopic (exact) mass is 307 g/mol. The average Bonchev–Trinajstić information content (AvgIpc) is 3.28. The van der Waals surface area contributed by atoms with Gasteiger partial charge in [-0.25, -0.2) is 0 Å². The van der Waals surface area contributed by atoms with Gasteiger partial charge >= 0.3 is 0 Å². The number of aliphatic hydroxyl groups excluding tert-OH is 1. The van der Waals surface area contributed by atoms with Crippen LogP contribution < -0.4 is 0 Å². The number of hydrogen-bond acceptors (Lipinski definition) is 2. The molecule has 114 valence electrons. The Hall–Kier alpha value is -1.06. The summed E-state index contributed by atoms with van der Waals surface area (Å²) >= 11 is 6.08. The second-order valence-corrected chi connectivity index (χ2v) is 6.92. The van der Waals surface area contributed by atoms with Crippen molar-refractivity contribution in [1.29, 1.82) is 0 Å². The van der Waals surface area contributed by atoms with Crippen molar-refractivity contribution in [3.8, 4) is 0 Å². The predicted octanol–water partition coefficient (Wildman–Crippen LogP) is 2.99. The molecule has 0 aromatic heterocycles. The lowest BCUT2D eigenvalue weighted by Crippen LogP contribution is -2.47. The minimum absolute atomic E-state index is 0.206. The molecule has 2 unspecified atom stereocenters. The standard InChI is InChI=1S/C17H22ClNO2/c1-12(20)13-4-3-9-19(11-13)16(21)17(7-8-17)14-5-2-6-15(18)10-14/h2,5-6,10,12-13,20H,3-4,7-9,11H2,1H3. The first kappa shape index (κ1) is 14.9. The molecule has 1 aromatic rings. The van der Waals surface area contributed by atoms with E-state index in [0.29, 0.717) is 11.6 Å². The number of halogens is 1. The number of aliphatic hydroxyl groups is 1. The van der Waals surface area contributed by atoms with Crippen LogP contribution in [0.5, 0.6) is 0 Å². The fraction of sp³-hybridized carbons (Fsp3) is 0.588. The van der Waals surface area contributed by atoms with Crippen LogP contribution in [0.25, 0.3) is 0 Å². The Kier molecular flexibility index (Phi) is 3.98. The number of piperidine rings is 1. The summed E-state index contributed by atoms with van der Waals surface area (Å²) in [6, 6.07) is 7.69. The topological polar surface area (TPSA) is 40.5 Å². The molecule has 1 aliphatic heterocycles. The van der Waals surface area contributed by atoms with Gasteiger partial charge in [-0.15, -0.1) is 0 Å². The third kappa shape index (κ3) is 2.82. The summed E-state index contributed by atoms with van der Waals surface area (Å²) in [5.41, 5.74) is 0.685. The molecule has 1 saturated heterocycles. The molecule has 0 bridgehead atoms. The summed E-state index contributed by atoms with van der Waals surface area (Å²) in [5, 5.41) is 10.5. The van der Waals surface area contributed by atoms with E-state index in [0.717, 1.165) is 37.8 Å². The molecular weight excluding hydrogens is 286 g/mol. The van der Waals surface area contributed by atoms with Crippen LogP contribution in [-0.2, 0) is 10.2 Å². The Balaban J connectivity index is 1.78. The zero-order valence-corrected chi connectivity index (χ0v) is 13.1. The Labute approximate surface area is 130 Å². The van der Waals surface area contributed by atoms with Crippen molar-refractivity contribution < 1.29 is 9.90 Å². The fourth-order valence-corrected chi connectivity index (χ4v) is 3.62. The van der Waals surface area contributed by atoms with Gasteiger partial charge in [0.1, 0.15) is 0 Å². The van der Waals surface area contributed by atoms with Gasteiger partial charge in [0.15, 0.2) is 0 Å². The van der Waals surface area contributed by atoms with Gasteiger partial charge in [0.05, 0.1) is 11.5 Å². The van der Waals surface area contributed by atoms with E-state index in [1.165, 1.54) is 0 Å². The summed E-state index contributed by atoms with van der Waals surface area (Å²) < 4.78 is 0. The molecule has 0 spiro atoms. The number of benzene rings is 1. The third-order valence-corrected chi connectivity index (χ3v) is 5.20. The lowest BCUT2D eigenvalue weighted by molar-refractivity contribution is -0.136. The average molecular weight is 308 g/mol. The smallest absolute Gasteiger partial charge is 0.233 e. The van der Waals surface area contributed by atoms with Crippen molar-refractivity contribution in [1.82, 2.24) is 4.90 Å². The maximum absolute atomic E-state index is 13.0. The first-order valence-corrected chi connectivity index (χ1v) is 8.14. The van der Waals surface area contributed by atoms with Crippen LogP contribution in [0.3, 0.4) is 0 Å². The van der Waals surface area contributed by atoms with Crippen LogP contribution in [0.4, 0.5) is 0 Å². The van der Waals surface area contributed by atoms with Gasteiger partial charge in [-0.1, -0.05) is 23.7 Å². The van der Waals surface area contributed by atoms with E-state index in [9.17, 15) is 9.90 Å². The Morgan fingerprint density at radius 1 is 1.48 bits per heavy atom. The van der Waals surface area contributed by atoms with E-state index in [-0.39, 0.29) is 23.3 Å². The van der Waals surface area contributed by atoms with Crippen LogP contribution in [0, 0.1) is 5.92 Å². The number of carbonyl (C=O) groups excluding carboxylic acids is 1. The summed E-state index contributed by atoms with van der Waals surface area (Å²) in [6.07, 6.45) is 3.45. The minimum atomic E-state index is -0.356. The fourth-order valence-electron chi connectivity index (χ4n) is 3.43. The quantitative estimate of drug-likeness (QED) is 0.932. The maximum atomic E-state index is 13.0. The largest absolute Gasteiger partial charge is 0.393 e. The first-order valence-electron chi connectivity index (χ1n) is 7.76. The highest BCUT2D eigenvalue weighted by Crippen LogP contribution is 2.50. The van der Waals surface area contributed by atoms with E-state index in [1.54, 1.807) is 0 Å². The molecule has 3 nitrogen and oxygen atoms in total. The molecule has 1 amide bonds. The van der Waals surface area contributed by atoms with Gasteiger partial charge in [-0.2, -0.15) is 0 Å². The minimum Gasteiger partial charge on any atom is -0.393 e. The van der Waals surface area contributed by atoms with Crippen LogP contribution in [0.1, 0.15) is 38.2 Å². The van der Waals surface area contributed by atoms with Crippen molar-refractivity contribution in [2.45, 2.75) is 44.1 Å². The van der Waals surface area contributed by atoms with Crippen LogP contribution in [-0.4, -0.2) is 35.1 Å². The molecule has 1 aliphatic carbocycles. The van der Waals surface area contributed by atoms with Gasteiger partial charge in [-0.3, -0.25) is 4.79 Å². The van der Waals surface area contributed by atoms with Crippen molar-refractivity contribution in [3.63, 3.8) is 0 Å². The maximum Gasteiger partial charge on any atom is 0.233 e. The van der Waals surface area contributed by atoms with Crippen molar-refractivity contribution in [3.05, 3.63) is 34.9 Å². The van der Waals surface area contributed by atoms with E-state index in [4.69, 9.17) is 11.6 Å². The lowest BCUT2D eigenvalue weighted by Gasteiger charge is -2.36. The van der Waals surface area contributed by atoms with Gasteiger partial charge < -0.3 is 10.0 Å². The lowest BCUT2D eigenvalue weighted by atomic mass is 9.89. The highest BCUT2D eigenvalue weighted by molar-refractivity contribution is 6.30. The second kappa shape index (κ2) is 5.62. The highest BCUT2D eigenvalue weighted by Gasteiger charge is 2.53. The Bertz CT molecular complexity index is 539. The number of likely N-dealkylation sites (tertiary alicyclic amines) is 1. The highest BCUT2D eigenvalue weighted by atomic mass is 35.5. The second-order valence-electron chi connectivity index (χ2n) is 6.49. The number of hydrogen-bond donors (Lipinski definition) is 1.